The van der Waals surface area contributed by atoms with Crippen molar-refractivity contribution in [2.24, 2.45) is 0 Å². The number of carbonyl (C=O) groups excluding carboxylic acids is 2. The monoisotopic (exact) mass is 286 g/mol. The van der Waals surface area contributed by atoms with Gasteiger partial charge in [0.05, 0.1) is 6.26 Å². The third-order valence-corrected chi connectivity index (χ3v) is 2.58. The standard InChI is InChI=1S/C12H14O6S/c1-8(13)12(17-9(2)14)10-4-6-11(7-5-10)18-19(3,15)16/h4-7,12H,1-3H3. The van der Waals surface area contributed by atoms with Crippen molar-refractivity contribution in [1.29, 1.82) is 0 Å². The number of esters is 1. The minimum Gasteiger partial charge on any atom is -0.450 e. The van der Waals surface area contributed by atoms with Crippen LogP contribution in [0.5, 0.6) is 5.75 Å². The average Bonchev–Trinajstić information content (AvgIpc) is 2.24. The van der Waals surface area contributed by atoms with Crippen LogP contribution >= 0.6 is 0 Å². The van der Waals surface area contributed by atoms with Crippen LogP contribution in [0.25, 0.3) is 0 Å². The summed E-state index contributed by atoms with van der Waals surface area (Å²) in [4.78, 5) is 22.3. The minimum absolute atomic E-state index is 0.122. The molecule has 1 atom stereocenters. The highest BCUT2D eigenvalue weighted by atomic mass is 32.2. The van der Waals surface area contributed by atoms with E-state index in [-0.39, 0.29) is 11.5 Å². The molecule has 1 unspecified atom stereocenters. The second kappa shape index (κ2) is 5.83. The smallest absolute Gasteiger partial charge is 0.306 e. The van der Waals surface area contributed by atoms with Crippen molar-refractivity contribution >= 4 is 21.9 Å². The lowest BCUT2D eigenvalue weighted by Crippen LogP contribution is -2.15. The van der Waals surface area contributed by atoms with Gasteiger partial charge in [-0.2, -0.15) is 8.42 Å². The summed E-state index contributed by atoms with van der Waals surface area (Å²) in [6.45, 7) is 2.51. The van der Waals surface area contributed by atoms with Crippen molar-refractivity contribution in [3.63, 3.8) is 0 Å². The summed E-state index contributed by atoms with van der Waals surface area (Å²) in [5, 5.41) is 0. The first-order chi connectivity index (χ1) is 8.69. The molecule has 0 N–H and O–H groups in total. The van der Waals surface area contributed by atoms with Gasteiger partial charge < -0.3 is 8.92 Å². The lowest BCUT2D eigenvalue weighted by Gasteiger charge is -2.14. The summed E-state index contributed by atoms with van der Waals surface area (Å²) in [6, 6.07) is 5.71. The number of rotatable bonds is 5. The molecular weight excluding hydrogens is 272 g/mol. The lowest BCUT2D eigenvalue weighted by atomic mass is 10.1. The molecule has 1 aromatic carbocycles. The van der Waals surface area contributed by atoms with Crippen molar-refractivity contribution in [3.8, 4) is 5.75 Å². The highest BCUT2D eigenvalue weighted by Gasteiger charge is 2.20. The molecule has 0 spiro atoms. The summed E-state index contributed by atoms with van der Waals surface area (Å²) >= 11 is 0. The third-order valence-electron chi connectivity index (χ3n) is 2.08. The van der Waals surface area contributed by atoms with Gasteiger partial charge in [0.15, 0.2) is 11.9 Å². The zero-order valence-electron chi connectivity index (χ0n) is 10.7. The largest absolute Gasteiger partial charge is 0.450 e. The zero-order valence-corrected chi connectivity index (χ0v) is 11.6. The molecule has 19 heavy (non-hydrogen) atoms. The van der Waals surface area contributed by atoms with Crippen molar-refractivity contribution in [1.82, 2.24) is 0 Å². The van der Waals surface area contributed by atoms with Gasteiger partial charge >= 0.3 is 16.1 Å². The van der Waals surface area contributed by atoms with Crippen molar-refractivity contribution < 1.29 is 26.9 Å². The summed E-state index contributed by atoms with van der Waals surface area (Å²) in [5.74, 6) is -0.778. The molecular formula is C12H14O6S. The molecule has 1 rings (SSSR count). The Balaban J connectivity index is 2.95. The Labute approximate surface area is 111 Å². The fourth-order valence-corrected chi connectivity index (χ4v) is 1.89. The Bertz CT molecular complexity index is 573. The van der Waals surface area contributed by atoms with Crippen LogP contribution in [-0.4, -0.2) is 26.4 Å². The number of Topliss-reactive ketones (excluding diaryl/α,β-unsaturated/α-hetero) is 1. The summed E-state index contributed by atoms with van der Waals surface area (Å²) in [7, 11) is -3.60. The molecule has 0 saturated carbocycles. The van der Waals surface area contributed by atoms with E-state index in [9.17, 15) is 18.0 Å². The third kappa shape index (κ3) is 5.09. The molecule has 1 aromatic rings. The number of ketones is 1. The molecule has 7 heteroatoms. The first-order valence-electron chi connectivity index (χ1n) is 5.36. The molecule has 0 saturated heterocycles. The van der Waals surface area contributed by atoms with Crippen LogP contribution in [0.2, 0.25) is 0 Å². The fourth-order valence-electron chi connectivity index (χ4n) is 1.42. The van der Waals surface area contributed by atoms with Gasteiger partial charge in [-0.3, -0.25) is 9.59 Å². The van der Waals surface area contributed by atoms with Gasteiger partial charge in [0.1, 0.15) is 5.75 Å². The highest BCUT2D eigenvalue weighted by molar-refractivity contribution is 7.86. The molecule has 0 amide bonds. The Kier molecular flexibility index (Phi) is 4.66. The summed E-state index contributed by atoms with van der Waals surface area (Å²) < 4.78 is 31.4. The number of hydrogen-bond donors (Lipinski definition) is 0. The predicted octanol–water partition coefficient (Wildman–Crippen LogP) is 1.22. The molecule has 0 fully saturated rings. The van der Waals surface area contributed by atoms with Crippen LogP contribution in [-0.2, 0) is 24.4 Å². The van der Waals surface area contributed by atoms with E-state index in [1.165, 1.54) is 38.1 Å². The molecule has 0 aromatic heterocycles. The summed E-state index contributed by atoms with van der Waals surface area (Å²) in [5.41, 5.74) is 0.448. The van der Waals surface area contributed by atoms with E-state index in [2.05, 4.69) is 4.18 Å². The second-order valence-electron chi connectivity index (χ2n) is 3.96. The topological polar surface area (TPSA) is 86.7 Å². The first-order valence-corrected chi connectivity index (χ1v) is 7.18. The fraction of sp³-hybridized carbons (Fsp3) is 0.333. The van der Waals surface area contributed by atoms with Gasteiger partial charge in [-0.25, -0.2) is 0 Å². The van der Waals surface area contributed by atoms with Crippen molar-refractivity contribution in [2.45, 2.75) is 20.0 Å². The van der Waals surface area contributed by atoms with Gasteiger partial charge in [-0.1, -0.05) is 12.1 Å². The van der Waals surface area contributed by atoms with Gasteiger partial charge in [0, 0.05) is 12.5 Å². The van der Waals surface area contributed by atoms with Gasteiger partial charge in [-0.05, 0) is 19.1 Å². The van der Waals surface area contributed by atoms with Crippen LogP contribution in [0, 0.1) is 0 Å². The maximum Gasteiger partial charge on any atom is 0.306 e. The van der Waals surface area contributed by atoms with E-state index in [0.717, 1.165) is 6.26 Å². The quantitative estimate of drug-likeness (QED) is 0.597. The molecule has 6 nitrogen and oxygen atoms in total. The molecule has 0 aliphatic carbocycles. The number of ether oxygens (including phenoxy) is 1. The average molecular weight is 286 g/mol. The first kappa shape index (κ1) is 15.2. The highest BCUT2D eigenvalue weighted by Crippen LogP contribution is 2.22. The van der Waals surface area contributed by atoms with Gasteiger partial charge in [-0.15, -0.1) is 0 Å². The molecule has 104 valence electrons. The van der Waals surface area contributed by atoms with E-state index in [1.54, 1.807) is 0 Å². The van der Waals surface area contributed by atoms with E-state index in [1.807, 2.05) is 0 Å². The minimum atomic E-state index is -3.60. The number of carbonyl (C=O) groups is 2. The molecule has 0 heterocycles. The zero-order chi connectivity index (χ0) is 14.6. The van der Waals surface area contributed by atoms with Crippen LogP contribution in [0.4, 0.5) is 0 Å². The Morgan fingerprint density at radius 1 is 1.11 bits per heavy atom. The van der Waals surface area contributed by atoms with Crippen LogP contribution < -0.4 is 4.18 Å². The SMILES string of the molecule is CC(=O)OC(C(C)=O)c1ccc(OS(C)(=O)=O)cc1. The van der Waals surface area contributed by atoms with Crippen LogP contribution in [0.1, 0.15) is 25.5 Å². The number of benzene rings is 1. The maximum absolute atomic E-state index is 11.4. The van der Waals surface area contributed by atoms with E-state index >= 15 is 0 Å². The Morgan fingerprint density at radius 2 is 1.63 bits per heavy atom. The maximum atomic E-state index is 11.4. The lowest BCUT2D eigenvalue weighted by molar-refractivity contribution is -0.152. The van der Waals surface area contributed by atoms with E-state index in [4.69, 9.17) is 4.74 Å². The second-order valence-corrected chi connectivity index (χ2v) is 5.53. The van der Waals surface area contributed by atoms with Crippen LogP contribution in [0.15, 0.2) is 24.3 Å². The molecule has 0 aliphatic rings. The molecule has 0 bridgehead atoms. The van der Waals surface area contributed by atoms with E-state index in [0.29, 0.717) is 5.56 Å². The number of hydrogen-bond acceptors (Lipinski definition) is 6. The van der Waals surface area contributed by atoms with Crippen molar-refractivity contribution in [2.75, 3.05) is 6.26 Å². The van der Waals surface area contributed by atoms with Gasteiger partial charge in [0.2, 0.25) is 0 Å². The predicted molar refractivity (Wildman–Crippen MR) is 67.1 cm³/mol. The summed E-state index contributed by atoms with van der Waals surface area (Å²) in [6.07, 6.45) is -0.0669. The van der Waals surface area contributed by atoms with Gasteiger partial charge in [0.25, 0.3) is 0 Å². The van der Waals surface area contributed by atoms with Crippen molar-refractivity contribution in [3.05, 3.63) is 29.8 Å². The normalized spacial score (nSPS) is 12.6. The van der Waals surface area contributed by atoms with Crippen LogP contribution in [0.3, 0.4) is 0 Å². The molecule has 0 aliphatic heterocycles. The Hall–Kier alpha value is -1.89. The molecule has 0 radical (unpaired) electrons. The van der Waals surface area contributed by atoms with E-state index < -0.39 is 22.2 Å². The Morgan fingerprint density at radius 3 is 2.00 bits per heavy atom.